The van der Waals surface area contributed by atoms with Crippen molar-refractivity contribution in [3.63, 3.8) is 0 Å². The van der Waals surface area contributed by atoms with Gasteiger partial charge in [-0.2, -0.15) is 0 Å². The quantitative estimate of drug-likeness (QED) is 0.691. The zero-order chi connectivity index (χ0) is 10.6. The summed E-state index contributed by atoms with van der Waals surface area (Å²) in [7, 11) is 0. The van der Waals surface area contributed by atoms with Crippen LogP contribution in [0.4, 0.5) is 0 Å². The Bertz CT molecular complexity index is 283. The predicted octanol–water partition coefficient (Wildman–Crippen LogP) is 4.82. The Balaban J connectivity index is 2.83. The van der Waals surface area contributed by atoms with Gasteiger partial charge in [-0.1, -0.05) is 48.0 Å². The highest BCUT2D eigenvalue weighted by Crippen LogP contribution is 2.30. The Labute approximate surface area is 99.8 Å². The lowest BCUT2D eigenvalue weighted by molar-refractivity contribution is 0.525. The molecule has 1 aromatic rings. The van der Waals surface area contributed by atoms with Gasteiger partial charge in [0, 0.05) is 10.4 Å². The number of rotatable bonds is 4. The van der Waals surface area contributed by atoms with Crippen molar-refractivity contribution in [1.29, 1.82) is 0 Å². The van der Waals surface area contributed by atoms with E-state index in [1.807, 2.05) is 6.07 Å². The van der Waals surface area contributed by atoms with Gasteiger partial charge in [0.05, 0.1) is 0 Å². The monoisotopic (exact) mass is 274 g/mol. The first-order valence-corrected chi connectivity index (χ1v) is 6.28. The average Bonchev–Trinajstić information content (AvgIpc) is 2.15. The summed E-state index contributed by atoms with van der Waals surface area (Å²) in [5.41, 5.74) is 1.33. The molecule has 0 radical (unpaired) electrons. The lowest BCUT2D eigenvalue weighted by atomic mass is 9.92. The molecule has 0 aliphatic heterocycles. The molecule has 0 aliphatic carbocycles. The third-order valence-electron chi connectivity index (χ3n) is 2.29. The highest BCUT2D eigenvalue weighted by Gasteiger charge is 2.14. The molecule has 0 spiro atoms. The van der Waals surface area contributed by atoms with Crippen LogP contribution in [-0.4, -0.2) is 5.88 Å². The van der Waals surface area contributed by atoms with Crippen molar-refractivity contribution in [3.05, 3.63) is 34.3 Å². The number of hydrogen-bond donors (Lipinski definition) is 0. The number of benzene rings is 1. The van der Waals surface area contributed by atoms with Gasteiger partial charge in [0.25, 0.3) is 0 Å². The van der Waals surface area contributed by atoms with E-state index in [1.54, 1.807) is 0 Å². The van der Waals surface area contributed by atoms with Crippen molar-refractivity contribution in [1.82, 2.24) is 0 Å². The number of hydrogen-bond acceptors (Lipinski definition) is 0. The first kappa shape index (κ1) is 12.1. The van der Waals surface area contributed by atoms with Gasteiger partial charge < -0.3 is 0 Å². The summed E-state index contributed by atoms with van der Waals surface area (Å²) < 4.78 is 1.17. The molecule has 0 nitrogen and oxygen atoms in total. The van der Waals surface area contributed by atoms with Crippen LogP contribution in [0, 0.1) is 5.92 Å². The summed E-state index contributed by atoms with van der Waals surface area (Å²) in [6, 6.07) is 8.34. The highest BCUT2D eigenvalue weighted by molar-refractivity contribution is 9.10. The topological polar surface area (TPSA) is 0 Å². The summed E-state index contributed by atoms with van der Waals surface area (Å²) >= 11 is 9.57. The first-order valence-electron chi connectivity index (χ1n) is 4.95. The molecule has 0 aliphatic rings. The summed E-state index contributed by atoms with van der Waals surface area (Å²) in [6.07, 6.45) is 1.14. The Hall–Kier alpha value is -0.0100. The minimum atomic E-state index is 0.465. The fraction of sp³-hybridized carbons (Fsp3) is 0.500. The zero-order valence-corrected chi connectivity index (χ0v) is 11.0. The van der Waals surface area contributed by atoms with Gasteiger partial charge in [-0.25, -0.2) is 0 Å². The van der Waals surface area contributed by atoms with Crippen molar-refractivity contribution in [2.75, 3.05) is 5.88 Å². The molecule has 2 heteroatoms. The van der Waals surface area contributed by atoms with E-state index in [4.69, 9.17) is 11.6 Å². The minimum Gasteiger partial charge on any atom is -0.126 e. The maximum Gasteiger partial charge on any atom is 0.0292 e. The van der Waals surface area contributed by atoms with Crippen LogP contribution in [0.5, 0.6) is 0 Å². The van der Waals surface area contributed by atoms with Crippen LogP contribution < -0.4 is 0 Å². The molecule has 0 aromatic heterocycles. The van der Waals surface area contributed by atoms with Gasteiger partial charge >= 0.3 is 0 Å². The van der Waals surface area contributed by atoms with Crippen LogP contribution in [0.15, 0.2) is 28.7 Å². The second-order valence-corrected chi connectivity index (χ2v) is 5.17. The smallest absolute Gasteiger partial charge is 0.0292 e. The minimum absolute atomic E-state index is 0.465. The van der Waals surface area contributed by atoms with E-state index in [0.29, 0.717) is 17.7 Å². The normalized spacial score (nSPS) is 13.2. The second-order valence-electron chi connectivity index (χ2n) is 4.00. The standard InChI is InChI=1S/C12H16BrCl/c1-9(2)7-10(8-14)11-5-3-4-6-12(11)13/h3-6,9-10H,7-8H2,1-2H3. The Morgan fingerprint density at radius 1 is 1.29 bits per heavy atom. The average molecular weight is 276 g/mol. The summed E-state index contributed by atoms with van der Waals surface area (Å²) in [5, 5.41) is 0. The lowest BCUT2D eigenvalue weighted by Crippen LogP contribution is -2.05. The molecule has 0 N–H and O–H groups in total. The maximum atomic E-state index is 6.00. The fourth-order valence-electron chi connectivity index (χ4n) is 1.65. The molecular weight excluding hydrogens is 259 g/mol. The van der Waals surface area contributed by atoms with E-state index in [2.05, 4.69) is 48.0 Å². The predicted molar refractivity (Wildman–Crippen MR) is 67.1 cm³/mol. The maximum absolute atomic E-state index is 6.00. The number of alkyl halides is 1. The van der Waals surface area contributed by atoms with E-state index < -0.39 is 0 Å². The van der Waals surface area contributed by atoms with Gasteiger partial charge in [-0.15, -0.1) is 11.6 Å². The molecule has 0 amide bonds. The summed E-state index contributed by atoms with van der Waals surface area (Å²) in [4.78, 5) is 0. The van der Waals surface area contributed by atoms with Crippen LogP contribution in [0.2, 0.25) is 0 Å². The van der Waals surface area contributed by atoms with Gasteiger partial charge in [0.2, 0.25) is 0 Å². The van der Waals surface area contributed by atoms with Crippen LogP contribution in [0.1, 0.15) is 31.7 Å². The Morgan fingerprint density at radius 2 is 1.93 bits per heavy atom. The number of halogens is 2. The van der Waals surface area contributed by atoms with Crippen molar-refractivity contribution in [3.8, 4) is 0 Å². The molecule has 0 fully saturated rings. The highest BCUT2D eigenvalue weighted by atomic mass is 79.9. The van der Waals surface area contributed by atoms with E-state index in [1.165, 1.54) is 10.0 Å². The molecule has 1 atom stereocenters. The van der Waals surface area contributed by atoms with Crippen molar-refractivity contribution in [2.24, 2.45) is 5.92 Å². The molecule has 78 valence electrons. The molecule has 0 saturated heterocycles. The van der Waals surface area contributed by atoms with Crippen molar-refractivity contribution in [2.45, 2.75) is 26.2 Å². The van der Waals surface area contributed by atoms with Crippen molar-refractivity contribution >= 4 is 27.5 Å². The van der Waals surface area contributed by atoms with Crippen LogP contribution >= 0.6 is 27.5 Å². The third-order valence-corrected chi connectivity index (χ3v) is 3.38. The SMILES string of the molecule is CC(C)CC(CCl)c1ccccc1Br. The molecule has 1 rings (SSSR count). The first-order chi connectivity index (χ1) is 6.65. The third kappa shape index (κ3) is 3.29. The van der Waals surface area contributed by atoms with Crippen LogP contribution in [-0.2, 0) is 0 Å². The van der Waals surface area contributed by atoms with Crippen LogP contribution in [0.25, 0.3) is 0 Å². The lowest BCUT2D eigenvalue weighted by Gasteiger charge is -2.17. The second kappa shape index (κ2) is 5.77. The molecule has 0 saturated carbocycles. The molecule has 1 unspecified atom stereocenters. The molecule has 1 aromatic carbocycles. The molecule has 0 bridgehead atoms. The van der Waals surface area contributed by atoms with Crippen molar-refractivity contribution < 1.29 is 0 Å². The Kier molecular flexibility index (Phi) is 4.97. The van der Waals surface area contributed by atoms with Gasteiger partial charge in [-0.3, -0.25) is 0 Å². The van der Waals surface area contributed by atoms with Gasteiger partial charge in [0.15, 0.2) is 0 Å². The van der Waals surface area contributed by atoms with E-state index >= 15 is 0 Å². The van der Waals surface area contributed by atoms with E-state index in [0.717, 1.165) is 6.42 Å². The molecule has 14 heavy (non-hydrogen) atoms. The van der Waals surface area contributed by atoms with Crippen LogP contribution in [0.3, 0.4) is 0 Å². The molecular formula is C12H16BrCl. The van der Waals surface area contributed by atoms with Gasteiger partial charge in [-0.05, 0) is 29.9 Å². The van der Waals surface area contributed by atoms with E-state index in [9.17, 15) is 0 Å². The zero-order valence-electron chi connectivity index (χ0n) is 8.63. The largest absolute Gasteiger partial charge is 0.126 e. The Morgan fingerprint density at radius 3 is 2.43 bits per heavy atom. The summed E-state index contributed by atoms with van der Waals surface area (Å²) in [5.74, 6) is 1.85. The van der Waals surface area contributed by atoms with E-state index in [-0.39, 0.29) is 0 Å². The molecule has 0 heterocycles. The fourth-order valence-corrected chi connectivity index (χ4v) is 2.55. The van der Waals surface area contributed by atoms with Gasteiger partial charge in [0.1, 0.15) is 0 Å². The summed E-state index contributed by atoms with van der Waals surface area (Å²) in [6.45, 7) is 4.47.